The number of ether oxygens (including phenoxy) is 2. The Hall–Kier alpha value is -2.40. The van der Waals surface area contributed by atoms with E-state index in [1.807, 2.05) is 30.3 Å². The van der Waals surface area contributed by atoms with Gasteiger partial charge in [-0.1, -0.05) is 35.9 Å². The first-order valence-corrected chi connectivity index (χ1v) is 7.48. The third-order valence-corrected chi connectivity index (χ3v) is 3.56. The minimum atomic E-state index is -0.270. The molecule has 0 saturated carbocycles. The van der Waals surface area contributed by atoms with Crippen molar-refractivity contribution in [2.45, 2.75) is 13.1 Å². The summed E-state index contributed by atoms with van der Waals surface area (Å²) >= 11 is 5.91. The van der Waals surface area contributed by atoms with Crippen molar-refractivity contribution < 1.29 is 14.3 Å². The molecule has 0 aliphatic carbocycles. The monoisotopic (exact) mass is 334 g/mol. The number of rotatable bonds is 6. The number of benzene rings is 2. The molecule has 0 unspecified atom stereocenters. The van der Waals surface area contributed by atoms with E-state index in [1.165, 1.54) is 0 Å². The Kier molecular flexibility index (Phi) is 6.11. The number of hydrogen-bond donors (Lipinski definition) is 2. The molecule has 122 valence electrons. The molecule has 0 fully saturated rings. The van der Waals surface area contributed by atoms with Crippen LogP contribution in [-0.4, -0.2) is 20.3 Å². The summed E-state index contributed by atoms with van der Waals surface area (Å²) in [7, 11) is 3.17. The van der Waals surface area contributed by atoms with E-state index >= 15 is 0 Å². The fourth-order valence-corrected chi connectivity index (χ4v) is 2.29. The Morgan fingerprint density at radius 2 is 1.57 bits per heavy atom. The van der Waals surface area contributed by atoms with E-state index in [4.69, 9.17) is 21.1 Å². The molecular weight excluding hydrogens is 316 g/mol. The zero-order valence-electron chi connectivity index (χ0n) is 13.1. The van der Waals surface area contributed by atoms with Crippen LogP contribution in [0.4, 0.5) is 4.79 Å². The molecule has 0 bridgehead atoms. The Bertz CT molecular complexity index is 677. The van der Waals surface area contributed by atoms with Crippen LogP contribution in [0.5, 0.6) is 11.5 Å². The van der Waals surface area contributed by atoms with E-state index in [0.717, 1.165) is 16.9 Å². The van der Waals surface area contributed by atoms with Gasteiger partial charge in [-0.2, -0.15) is 0 Å². The van der Waals surface area contributed by atoms with Crippen LogP contribution in [0.25, 0.3) is 0 Å². The molecule has 0 atom stereocenters. The maximum atomic E-state index is 11.9. The normalized spacial score (nSPS) is 10.0. The lowest BCUT2D eigenvalue weighted by Crippen LogP contribution is -2.34. The maximum absolute atomic E-state index is 11.9. The summed E-state index contributed by atoms with van der Waals surface area (Å²) in [5.41, 5.74) is 1.76. The van der Waals surface area contributed by atoms with E-state index in [-0.39, 0.29) is 6.03 Å². The molecule has 0 spiro atoms. The summed E-state index contributed by atoms with van der Waals surface area (Å²) in [6.45, 7) is 0.728. The van der Waals surface area contributed by atoms with Crippen molar-refractivity contribution in [3.8, 4) is 11.5 Å². The second kappa shape index (κ2) is 8.29. The van der Waals surface area contributed by atoms with Gasteiger partial charge in [0.25, 0.3) is 0 Å². The predicted molar refractivity (Wildman–Crippen MR) is 90.1 cm³/mol. The lowest BCUT2D eigenvalue weighted by molar-refractivity contribution is 0.240. The number of hydrogen-bond acceptors (Lipinski definition) is 3. The Balaban J connectivity index is 1.88. The van der Waals surface area contributed by atoms with Crippen molar-refractivity contribution in [2.75, 3.05) is 14.2 Å². The molecule has 23 heavy (non-hydrogen) atoms. The van der Waals surface area contributed by atoms with Crippen molar-refractivity contribution in [1.29, 1.82) is 0 Å². The average molecular weight is 335 g/mol. The van der Waals surface area contributed by atoms with E-state index in [1.54, 1.807) is 26.4 Å². The van der Waals surface area contributed by atoms with Gasteiger partial charge >= 0.3 is 6.03 Å². The van der Waals surface area contributed by atoms with Crippen LogP contribution >= 0.6 is 11.6 Å². The molecule has 2 rings (SSSR count). The van der Waals surface area contributed by atoms with Crippen molar-refractivity contribution in [1.82, 2.24) is 10.6 Å². The molecule has 0 saturated heterocycles. The zero-order chi connectivity index (χ0) is 16.7. The summed E-state index contributed by atoms with van der Waals surface area (Å²) in [5, 5.41) is 6.17. The van der Waals surface area contributed by atoms with Gasteiger partial charge in [0.2, 0.25) is 0 Å². The molecule has 2 amide bonds. The third kappa shape index (κ3) is 4.79. The largest absolute Gasteiger partial charge is 0.496 e. The Morgan fingerprint density at radius 3 is 2.22 bits per heavy atom. The molecular formula is C17H19ClN2O3. The van der Waals surface area contributed by atoms with E-state index in [9.17, 15) is 4.79 Å². The number of halogens is 1. The van der Waals surface area contributed by atoms with Gasteiger partial charge in [-0.15, -0.1) is 0 Å². The van der Waals surface area contributed by atoms with Gasteiger partial charge in [0, 0.05) is 29.2 Å². The summed E-state index contributed by atoms with van der Waals surface area (Å²) < 4.78 is 10.5. The smallest absolute Gasteiger partial charge is 0.315 e. The van der Waals surface area contributed by atoms with E-state index in [0.29, 0.717) is 23.9 Å². The predicted octanol–water partition coefficient (Wildman–Crippen LogP) is 3.36. The fourth-order valence-electron chi connectivity index (χ4n) is 2.13. The highest BCUT2D eigenvalue weighted by molar-refractivity contribution is 6.30. The molecule has 2 N–H and O–H groups in total. The van der Waals surface area contributed by atoms with Crippen LogP contribution in [0.3, 0.4) is 0 Å². The van der Waals surface area contributed by atoms with Crippen molar-refractivity contribution in [2.24, 2.45) is 0 Å². The minimum absolute atomic E-state index is 0.270. The van der Waals surface area contributed by atoms with Gasteiger partial charge in [0.1, 0.15) is 11.5 Å². The highest BCUT2D eigenvalue weighted by Gasteiger charge is 2.07. The first-order chi connectivity index (χ1) is 11.1. The Morgan fingerprint density at radius 1 is 0.957 bits per heavy atom. The molecule has 2 aromatic rings. The number of amides is 2. The molecule has 0 heterocycles. The summed E-state index contributed by atoms with van der Waals surface area (Å²) in [6, 6.07) is 12.6. The van der Waals surface area contributed by atoms with Crippen LogP contribution in [0, 0.1) is 0 Å². The molecule has 5 nitrogen and oxygen atoms in total. The van der Waals surface area contributed by atoms with Gasteiger partial charge in [-0.3, -0.25) is 0 Å². The van der Waals surface area contributed by atoms with Crippen LogP contribution in [0.2, 0.25) is 5.02 Å². The minimum Gasteiger partial charge on any atom is -0.496 e. The summed E-state index contributed by atoms with van der Waals surface area (Å²) in [6.07, 6.45) is 0. The standard InChI is InChI=1S/C17H19ClN2O3/c1-22-15-6-4-3-5-12(15)10-19-17(21)20-11-13-7-8-14(18)9-16(13)23-2/h3-9H,10-11H2,1-2H3,(H2,19,20,21). The molecule has 0 radical (unpaired) electrons. The Labute approximate surface area is 140 Å². The molecule has 0 aromatic heterocycles. The number of carbonyl (C=O) groups is 1. The van der Waals surface area contributed by atoms with E-state index in [2.05, 4.69) is 10.6 Å². The van der Waals surface area contributed by atoms with Gasteiger partial charge in [0.15, 0.2) is 0 Å². The van der Waals surface area contributed by atoms with Gasteiger partial charge in [-0.05, 0) is 18.2 Å². The van der Waals surface area contributed by atoms with Crippen LogP contribution in [0.15, 0.2) is 42.5 Å². The molecule has 2 aromatic carbocycles. The maximum Gasteiger partial charge on any atom is 0.315 e. The first-order valence-electron chi connectivity index (χ1n) is 7.10. The molecule has 6 heteroatoms. The topological polar surface area (TPSA) is 59.6 Å². The summed E-state index contributed by atoms with van der Waals surface area (Å²) in [4.78, 5) is 11.9. The highest BCUT2D eigenvalue weighted by Crippen LogP contribution is 2.22. The van der Waals surface area contributed by atoms with Crippen molar-refractivity contribution >= 4 is 17.6 Å². The zero-order valence-corrected chi connectivity index (χ0v) is 13.8. The van der Waals surface area contributed by atoms with Gasteiger partial charge in [0.05, 0.1) is 14.2 Å². The van der Waals surface area contributed by atoms with Crippen molar-refractivity contribution in [3.63, 3.8) is 0 Å². The number of methoxy groups -OCH3 is 2. The SMILES string of the molecule is COc1ccccc1CNC(=O)NCc1ccc(Cl)cc1OC. The third-order valence-electron chi connectivity index (χ3n) is 3.32. The number of urea groups is 1. The lowest BCUT2D eigenvalue weighted by atomic mass is 10.2. The first kappa shape index (κ1) is 17.0. The van der Waals surface area contributed by atoms with Gasteiger partial charge in [-0.25, -0.2) is 4.79 Å². The van der Waals surface area contributed by atoms with Crippen LogP contribution in [0.1, 0.15) is 11.1 Å². The summed E-state index contributed by atoms with van der Waals surface area (Å²) in [5.74, 6) is 1.38. The fraction of sp³-hybridized carbons (Fsp3) is 0.235. The quantitative estimate of drug-likeness (QED) is 0.851. The molecule has 0 aliphatic rings. The highest BCUT2D eigenvalue weighted by atomic mass is 35.5. The molecule has 0 aliphatic heterocycles. The van der Waals surface area contributed by atoms with Crippen molar-refractivity contribution in [3.05, 3.63) is 58.6 Å². The second-order valence-corrected chi connectivity index (χ2v) is 5.24. The van der Waals surface area contributed by atoms with Crippen LogP contribution in [-0.2, 0) is 13.1 Å². The van der Waals surface area contributed by atoms with Crippen LogP contribution < -0.4 is 20.1 Å². The number of carbonyl (C=O) groups excluding carboxylic acids is 1. The second-order valence-electron chi connectivity index (χ2n) is 4.80. The lowest BCUT2D eigenvalue weighted by Gasteiger charge is -2.12. The van der Waals surface area contributed by atoms with Gasteiger partial charge < -0.3 is 20.1 Å². The average Bonchev–Trinajstić information content (AvgIpc) is 2.58. The number of para-hydroxylation sites is 1. The number of nitrogens with one attached hydrogen (secondary N) is 2. The van der Waals surface area contributed by atoms with E-state index < -0.39 is 0 Å².